The second-order valence-electron chi connectivity index (χ2n) is 3.93. The van der Waals surface area contributed by atoms with Crippen molar-refractivity contribution in [3.8, 4) is 11.8 Å². The second kappa shape index (κ2) is 3.97. The minimum Gasteiger partial charge on any atom is -0.233 e. The lowest BCUT2D eigenvalue weighted by Crippen LogP contribution is -1.97. The van der Waals surface area contributed by atoms with Gasteiger partial charge in [-0.2, -0.15) is 10.4 Å². The third kappa shape index (κ3) is 1.62. The zero-order chi connectivity index (χ0) is 12.5. The van der Waals surface area contributed by atoms with Gasteiger partial charge in [-0.25, -0.2) is 9.07 Å². The normalized spacial score (nSPS) is 10.4. The van der Waals surface area contributed by atoms with Gasteiger partial charge in [0, 0.05) is 5.39 Å². The lowest BCUT2D eigenvalue weighted by Gasteiger charge is -2.04. The van der Waals surface area contributed by atoms with E-state index in [0.29, 0.717) is 5.69 Å². The van der Waals surface area contributed by atoms with Crippen molar-refractivity contribution in [3.63, 3.8) is 0 Å². The summed E-state index contributed by atoms with van der Waals surface area (Å²) in [6.07, 6.45) is 1.71. The quantitative estimate of drug-likeness (QED) is 0.652. The Kier molecular flexibility index (Phi) is 2.31. The van der Waals surface area contributed by atoms with Crippen LogP contribution in [0.5, 0.6) is 0 Å². The third-order valence-electron chi connectivity index (χ3n) is 2.73. The fourth-order valence-electron chi connectivity index (χ4n) is 1.94. The molecule has 0 bridgehead atoms. The summed E-state index contributed by atoms with van der Waals surface area (Å²) in [7, 11) is 0. The van der Waals surface area contributed by atoms with Crippen molar-refractivity contribution < 1.29 is 4.39 Å². The van der Waals surface area contributed by atoms with Crippen molar-refractivity contribution in [1.29, 1.82) is 5.26 Å². The van der Waals surface area contributed by atoms with E-state index in [2.05, 4.69) is 5.10 Å². The summed E-state index contributed by atoms with van der Waals surface area (Å²) in [4.78, 5) is 0. The molecular formula is C14H8FN3. The molecule has 18 heavy (non-hydrogen) atoms. The van der Waals surface area contributed by atoms with Crippen molar-refractivity contribution >= 4 is 10.9 Å². The minimum absolute atomic E-state index is 0.282. The number of hydrogen-bond acceptors (Lipinski definition) is 2. The van der Waals surface area contributed by atoms with Gasteiger partial charge in [-0.1, -0.05) is 18.2 Å². The number of nitrogens with zero attached hydrogens (tertiary/aromatic N) is 3. The maximum Gasteiger partial charge on any atom is 0.126 e. The Morgan fingerprint density at radius 1 is 1.17 bits per heavy atom. The monoisotopic (exact) mass is 237 g/mol. The second-order valence-corrected chi connectivity index (χ2v) is 3.93. The summed E-state index contributed by atoms with van der Waals surface area (Å²) < 4.78 is 15.0. The van der Waals surface area contributed by atoms with E-state index in [1.165, 1.54) is 12.1 Å². The fraction of sp³-hybridized carbons (Fsp3) is 0. The number of fused-ring (bicyclic) bond motifs is 1. The van der Waals surface area contributed by atoms with E-state index in [-0.39, 0.29) is 5.56 Å². The first-order valence-electron chi connectivity index (χ1n) is 5.42. The van der Waals surface area contributed by atoms with E-state index in [1.54, 1.807) is 16.9 Å². The number of nitriles is 1. The standard InChI is InChI=1S/C14H8FN3/c15-12-5-10(8-16)6-13(7-12)18-14-4-2-1-3-11(14)9-17-18/h1-7,9H. The van der Waals surface area contributed by atoms with E-state index in [1.807, 2.05) is 30.3 Å². The first kappa shape index (κ1) is 10.5. The Bertz CT molecular complexity index is 768. The van der Waals surface area contributed by atoms with Crippen molar-refractivity contribution in [2.75, 3.05) is 0 Å². The highest BCUT2D eigenvalue weighted by atomic mass is 19.1. The maximum atomic E-state index is 13.4. The molecule has 2 aromatic carbocycles. The zero-order valence-corrected chi connectivity index (χ0v) is 9.34. The minimum atomic E-state index is -0.441. The topological polar surface area (TPSA) is 41.6 Å². The molecule has 0 amide bonds. The summed E-state index contributed by atoms with van der Waals surface area (Å²) in [5.41, 5.74) is 1.71. The number of halogens is 1. The molecule has 0 spiro atoms. The molecule has 0 saturated carbocycles. The molecular weight excluding hydrogens is 229 g/mol. The lowest BCUT2D eigenvalue weighted by atomic mass is 10.2. The van der Waals surface area contributed by atoms with Gasteiger partial charge < -0.3 is 0 Å². The first-order chi connectivity index (χ1) is 8.78. The van der Waals surface area contributed by atoms with Crippen LogP contribution in [0.3, 0.4) is 0 Å². The van der Waals surface area contributed by atoms with Crippen LogP contribution in [0.2, 0.25) is 0 Å². The van der Waals surface area contributed by atoms with Crippen LogP contribution in [0.25, 0.3) is 16.6 Å². The van der Waals surface area contributed by atoms with Crippen LogP contribution in [-0.2, 0) is 0 Å². The van der Waals surface area contributed by atoms with Crippen molar-refractivity contribution in [3.05, 3.63) is 60.0 Å². The maximum absolute atomic E-state index is 13.4. The molecule has 0 aliphatic rings. The predicted molar refractivity (Wildman–Crippen MR) is 65.7 cm³/mol. The van der Waals surface area contributed by atoms with Crippen molar-refractivity contribution in [1.82, 2.24) is 9.78 Å². The Balaban J connectivity index is 2.27. The van der Waals surface area contributed by atoms with Gasteiger partial charge in [-0.05, 0) is 24.3 Å². The van der Waals surface area contributed by atoms with Crippen LogP contribution >= 0.6 is 0 Å². The summed E-state index contributed by atoms with van der Waals surface area (Å²) in [6, 6.07) is 13.8. The average molecular weight is 237 g/mol. The van der Waals surface area contributed by atoms with E-state index in [4.69, 9.17) is 5.26 Å². The van der Waals surface area contributed by atoms with E-state index < -0.39 is 5.82 Å². The Morgan fingerprint density at radius 3 is 2.83 bits per heavy atom. The molecule has 3 nitrogen and oxygen atoms in total. The largest absolute Gasteiger partial charge is 0.233 e. The fourth-order valence-corrected chi connectivity index (χ4v) is 1.94. The smallest absolute Gasteiger partial charge is 0.126 e. The number of benzene rings is 2. The van der Waals surface area contributed by atoms with Gasteiger partial charge in [0.25, 0.3) is 0 Å². The van der Waals surface area contributed by atoms with Crippen LogP contribution < -0.4 is 0 Å². The van der Waals surface area contributed by atoms with Crippen molar-refractivity contribution in [2.45, 2.75) is 0 Å². The molecule has 3 aromatic rings. The molecule has 1 aromatic heterocycles. The number of rotatable bonds is 1. The van der Waals surface area contributed by atoms with Crippen LogP contribution in [0.4, 0.5) is 4.39 Å². The molecule has 0 N–H and O–H groups in total. The van der Waals surface area contributed by atoms with Gasteiger partial charge in [-0.3, -0.25) is 0 Å². The summed E-state index contributed by atoms with van der Waals surface area (Å²) in [5.74, 6) is -0.441. The predicted octanol–water partition coefficient (Wildman–Crippen LogP) is 3.04. The number of hydrogen-bond donors (Lipinski definition) is 0. The highest BCUT2D eigenvalue weighted by molar-refractivity contribution is 5.80. The molecule has 0 saturated heterocycles. The molecule has 0 aliphatic carbocycles. The van der Waals surface area contributed by atoms with Gasteiger partial charge in [0.1, 0.15) is 5.82 Å². The van der Waals surface area contributed by atoms with E-state index in [9.17, 15) is 4.39 Å². The van der Waals surface area contributed by atoms with Gasteiger partial charge >= 0.3 is 0 Å². The number of para-hydroxylation sites is 1. The SMILES string of the molecule is N#Cc1cc(F)cc(-n2ncc3ccccc32)c1. The summed E-state index contributed by atoms with van der Waals surface area (Å²) in [6.45, 7) is 0. The van der Waals surface area contributed by atoms with E-state index in [0.717, 1.165) is 10.9 Å². The van der Waals surface area contributed by atoms with Crippen LogP contribution in [0.15, 0.2) is 48.7 Å². The lowest BCUT2D eigenvalue weighted by molar-refractivity contribution is 0.625. The molecule has 86 valence electrons. The van der Waals surface area contributed by atoms with Crippen LogP contribution in [-0.4, -0.2) is 9.78 Å². The molecule has 0 atom stereocenters. The summed E-state index contributed by atoms with van der Waals surface area (Å²) in [5, 5.41) is 14.0. The molecule has 1 heterocycles. The van der Waals surface area contributed by atoms with Crippen LogP contribution in [0, 0.1) is 17.1 Å². The molecule has 0 aliphatic heterocycles. The Hall–Kier alpha value is -2.67. The van der Waals surface area contributed by atoms with Gasteiger partial charge in [0.2, 0.25) is 0 Å². The first-order valence-corrected chi connectivity index (χ1v) is 5.42. The Labute approximate surface area is 103 Å². The third-order valence-corrected chi connectivity index (χ3v) is 2.73. The van der Waals surface area contributed by atoms with Crippen molar-refractivity contribution in [2.24, 2.45) is 0 Å². The molecule has 0 radical (unpaired) electrons. The highest BCUT2D eigenvalue weighted by Gasteiger charge is 2.06. The molecule has 4 heteroatoms. The zero-order valence-electron chi connectivity index (χ0n) is 9.34. The van der Waals surface area contributed by atoms with Gasteiger partial charge in [0.05, 0.1) is 29.0 Å². The number of aromatic nitrogens is 2. The highest BCUT2D eigenvalue weighted by Crippen LogP contribution is 2.19. The van der Waals surface area contributed by atoms with E-state index >= 15 is 0 Å². The molecule has 0 fully saturated rings. The van der Waals surface area contributed by atoms with Gasteiger partial charge in [-0.15, -0.1) is 0 Å². The molecule has 3 rings (SSSR count). The molecule has 0 unspecified atom stereocenters. The van der Waals surface area contributed by atoms with Crippen LogP contribution in [0.1, 0.15) is 5.56 Å². The summed E-state index contributed by atoms with van der Waals surface area (Å²) >= 11 is 0. The van der Waals surface area contributed by atoms with Gasteiger partial charge in [0.15, 0.2) is 0 Å². The Morgan fingerprint density at radius 2 is 2.00 bits per heavy atom. The average Bonchev–Trinajstić information content (AvgIpc) is 2.81.